The number of anilines is 1. The van der Waals surface area contributed by atoms with Crippen LogP contribution in [0.5, 0.6) is 0 Å². The van der Waals surface area contributed by atoms with E-state index in [2.05, 4.69) is 41.2 Å². The Morgan fingerprint density at radius 3 is 2.57 bits per heavy atom. The van der Waals surface area contributed by atoms with E-state index >= 15 is 0 Å². The van der Waals surface area contributed by atoms with Gasteiger partial charge in [-0.05, 0) is 49.8 Å². The molecule has 0 saturated carbocycles. The van der Waals surface area contributed by atoms with Gasteiger partial charge in [-0.15, -0.1) is 0 Å². The summed E-state index contributed by atoms with van der Waals surface area (Å²) in [6.07, 6.45) is 2.26. The van der Waals surface area contributed by atoms with Crippen LogP contribution in [0, 0.1) is 10.1 Å². The Hall–Kier alpha value is -2.70. The first-order valence-electron chi connectivity index (χ1n) is 10.3. The van der Waals surface area contributed by atoms with Crippen LogP contribution < -0.4 is 5.32 Å². The minimum atomic E-state index is -0.392. The maximum absolute atomic E-state index is 11.6. The summed E-state index contributed by atoms with van der Waals surface area (Å²) >= 11 is 6.08. The first-order valence-corrected chi connectivity index (χ1v) is 10.6. The number of hydrogen-bond donors (Lipinski definition) is 1. The van der Waals surface area contributed by atoms with Crippen LogP contribution in [0.15, 0.2) is 54.7 Å². The molecule has 0 aliphatic heterocycles. The second kappa shape index (κ2) is 10.4. The molecular formula is C23H27ClN4O2. The van der Waals surface area contributed by atoms with Crippen molar-refractivity contribution in [3.05, 3.63) is 75.4 Å². The van der Waals surface area contributed by atoms with Crippen LogP contribution in [0.3, 0.4) is 0 Å². The second-order valence-corrected chi connectivity index (χ2v) is 7.68. The van der Waals surface area contributed by atoms with Crippen molar-refractivity contribution in [2.75, 3.05) is 31.5 Å². The predicted molar refractivity (Wildman–Crippen MR) is 123 cm³/mol. The number of rotatable bonds is 10. The van der Waals surface area contributed by atoms with E-state index in [1.165, 1.54) is 11.8 Å². The number of nitrogens with zero attached hydrogens (tertiary/aromatic N) is 3. The third-order valence-corrected chi connectivity index (χ3v) is 5.73. The van der Waals surface area contributed by atoms with E-state index < -0.39 is 4.92 Å². The molecule has 3 aromatic rings. The first-order chi connectivity index (χ1) is 14.5. The zero-order valence-corrected chi connectivity index (χ0v) is 18.1. The topological polar surface area (TPSA) is 71.3 Å². The van der Waals surface area contributed by atoms with Gasteiger partial charge in [0.1, 0.15) is 11.9 Å². The molecule has 7 heteroatoms. The van der Waals surface area contributed by atoms with Crippen LogP contribution in [-0.4, -0.2) is 41.0 Å². The van der Waals surface area contributed by atoms with E-state index in [0.29, 0.717) is 28.2 Å². The van der Waals surface area contributed by atoms with Crippen molar-refractivity contribution in [2.45, 2.75) is 26.2 Å². The van der Waals surface area contributed by atoms with Gasteiger partial charge < -0.3 is 10.2 Å². The Morgan fingerprint density at radius 1 is 1.17 bits per heavy atom. The van der Waals surface area contributed by atoms with Gasteiger partial charge in [0, 0.05) is 22.9 Å². The lowest BCUT2D eigenvalue weighted by Gasteiger charge is -2.24. The Bertz CT molecular complexity index is 993. The third-order valence-electron chi connectivity index (χ3n) is 5.49. The molecule has 0 spiro atoms. The molecule has 1 unspecified atom stereocenters. The molecule has 0 radical (unpaired) electrons. The summed E-state index contributed by atoms with van der Waals surface area (Å²) in [5.41, 5.74) is 2.32. The molecule has 1 aromatic heterocycles. The standard InChI is InChI=1S/C23H27ClN4O2/c1-3-27(4-2)13-12-18(17-8-6-5-7-9-17)15-26-23-20-11-10-19(24)14-21(20)25-16-22(23)28(29)30/h5-11,14,16,18H,3-4,12-13,15H2,1-2H3,(H,25,26). The van der Waals surface area contributed by atoms with Crippen molar-refractivity contribution >= 4 is 33.9 Å². The maximum atomic E-state index is 11.6. The van der Waals surface area contributed by atoms with Gasteiger partial charge in [-0.1, -0.05) is 55.8 Å². The molecule has 0 fully saturated rings. The molecule has 1 N–H and O–H groups in total. The molecule has 0 aliphatic carbocycles. The Kier molecular flexibility index (Phi) is 7.60. The number of benzene rings is 2. The van der Waals surface area contributed by atoms with E-state index in [1.54, 1.807) is 18.2 Å². The van der Waals surface area contributed by atoms with Gasteiger partial charge in [0.25, 0.3) is 0 Å². The molecule has 0 aliphatic rings. The van der Waals surface area contributed by atoms with Gasteiger partial charge in [-0.3, -0.25) is 10.1 Å². The second-order valence-electron chi connectivity index (χ2n) is 7.24. The van der Waals surface area contributed by atoms with Gasteiger partial charge in [0.15, 0.2) is 0 Å². The van der Waals surface area contributed by atoms with Crippen LogP contribution in [0.25, 0.3) is 10.9 Å². The number of nitrogens with one attached hydrogen (secondary N) is 1. The van der Waals surface area contributed by atoms with Crippen LogP contribution in [-0.2, 0) is 0 Å². The lowest BCUT2D eigenvalue weighted by molar-refractivity contribution is -0.384. The van der Waals surface area contributed by atoms with Gasteiger partial charge in [-0.2, -0.15) is 0 Å². The summed E-state index contributed by atoms with van der Waals surface area (Å²) in [6.45, 7) is 7.91. The van der Waals surface area contributed by atoms with Crippen molar-refractivity contribution in [3.8, 4) is 0 Å². The smallest absolute Gasteiger partial charge is 0.311 e. The van der Waals surface area contributed by atoms with Gasteiger partial charge in [0.05, 0.1) is 10.4 Å². The summed E-state index contributed by atoms with van der Waals surface area (Å²) in [6, 6.07) is 15.5. The van der Waals surface area contributed by atoms with Crippen LogP contribution in [0.1, 0.15) is 31.7 Å². The highest BCUT2D eigenvalue weighted by molar-refractivity contribution is 6.31. The molecule has 1 heterocycles. The number of fused-ring (bicyclic) bond motifs is 1. The van der Waals surface area contributed by atoms with Crippen molar-refractivity contribution in [3.63, 3.8) is 0 Å². The Labute approximate surface area is 182 Å². The Balaban J connectivity index is 1.89. The molecule has 1 atom stereocenters. The molecule has 0 saturated heterocycles. The molecule has 2 aromatic carbocycles. The number of pyridine rings is 1. The SMILES string of the molecule is CCN(CC)CCC(CNc1c([N+](=O)[O-])cnc2cc(Cl)ccc12)c1ccccc1. The highest BCUT2D eigenvalue weighted by atomic mass is 35.5. The van der Waals surface area contributed by atoms with Crippen molar-refractivity contribution in [1.29, 1.82) is 0 Å². The number of aromatic nitrogens is 1. The summed E-state index contributed by atoms with van der Waals surface area (Å²) in [7, 11) is 0. The number of nitro groups is 1. The van der Waals surface area contributed by atoms with Crippen LogP contribution in [0.4, 0.5) is 11.4 Å². The number of hydrogen-bond acceptors (Lipinski definition) is 5. The van der Waals surface area contributed by atoms with E-state index in [9.17, 15) is 10.1 Å². The highest BCUT2D eigenvalue weighted by Crippen LogP contribution is 2.33. The molecule has 3 rings (SSSR count). The first kappa shape index (κ1) is 22.0. The molecule has 0 amide bonds. The van der Waals surface area contributed by atoms with Crippen LogP contribution >= 0.6 is 11.6 Å². The van der Waals surface area contributed by atoms with Gasteiger partial charge >= 0.3 is 5.69 Å². The van der Waals surface area contributed by atoms with Crippen LogP contribution in [0.2, 0.25) is 5.02 Å². The fraction of sp³-hybridized carbons (Fsp3) is 0.348. The monoisotopic (exact) mass is 426 g/mol. The van der Waals surface area contributed by atoms with E-state index in [4.69, 9.17) is 11.6 Å². The molecule has 30 heavy (non-hydrogen) atoms. The zero-order chi connectivity index (χ0) is 21.5. The summed E-state index contributed by atoms with van der Waals surface area (Å²) < 4.78 is 0. The van der Waals surface area contributed by atoms with E-state index in [0.717, 1.165) is 26.1 Å². The third kappa shape index (κ3) is 5.26. The fourth-order valence-electron chi connectivity index (χ4n) is 3.70. The summed E-state index contributed by atoms with van der Waals surface area (Å²) in [5, 5.41) is 16.3. The van der Waals surface area contributed by atoms with Crippen molar-refractivity contribution in [1.82, 2.24) is 9.88 Å². The molecule has 6 nitrogen and oxygen atoms in total. The Morgan fingerprint density at radius 2 is 1.90 bits per heavy atom. The average molecular weight is 427 g/mol. The van der Waals surface area contributed by atoms with Crippen molar-refractivity contribution < 1.29 is 4.92 Å². The highest BCUT2D eigenvalue weighted by Gasteiger charge is 2.20. The largest absolute Gasteiger partial charge is 0.378 e. The number of halogens is 1. The van der Waals surface area contributed by atoms with Crippen molar-refractivity contribution in [2.24, 2.45) is 0 Å². The molecule has 158 valence electrons. The maximum Gasteiger partial charge on any atom is 0.311 e. The lowest BCUT2D eigenvalue weighted by atomic mass is 9.95. The summed E-state index contributed by atoms with van der Waals surface area (Å²) in [4.78, 5) is 17.8. The van der Waals surface area contributed by atoms with Gasteiger partial charge in [0.2, 0.25) is 0 Å². The molecular weight excluding hydrogens is 400 g/mol. The van der Waals surface area contributed by atoms with E-state index in [1.807, 2.05) is 18.2 Å². The minimum absolute atomic E-state index is 0.0274. The zero-order valence-electron chi connectivity index (χ0n) is 17.3. The average Bonchev–Trinajstić information content (AvgIpc) is 2.76. The quantitative estimate of drug-likeness (QED) is 0.331. The summed E-state index contributed by atoms with van der Waals surface area (Å²) in [5.74, 6) is 0.224. The minimum Gasteiger partial charge on any atom is -0.378 e. The lowest BCUT2D eigenvalue weighted by Crippen LogP contribution is -2.27. The predicted octanol–water partition coefficient (Wildman–Crippen LogP) is 5.72. The fourth-order valence-corrected chi connectivity index (χ4v) is 3.86. The molecule has 0 bridgehead atoms. The van der Waals surface area contributed by atoms with Gasteiger partial charge in [-0.25, -0.2) is 4.98 Å². The normalized spacial score (nSPS) is 12.3. The van der Waals surface area contributed by atoms with E-state index in [-0.39, 0.29) is 11.6 Å².